The van der Waals surface area contributed by atoms with Gasteiger partial charge in [-0.3, -0.25) is 4.90 Å². The van der Waals surface area contributed by atoms with Gasteiger partial charge in [-0.25, -0.2) is 0 Å². The molecule has 0 bridgehead atoms. The molecule has 0 N–H and O–H groups in total. The SMILES string of the molecule is CCCOc1ccccc1CN1CCCC1. The fourth-order valence-electron chi connectivity index (χ4n) is 2.17. The largest absolute Gasteiger partial charge is 0.493 e. The minimum atomic E-state index is 0.816. The molecular formula is C14H21NO. The summed E-state index contributed by atoms with van der Waals surface area (Å²) >= 11 is 0. The maximum atomic E-state index is 5.77. The summed E-state index contributed by atoms with van der Waals surface area (Å²) < 4.78 is 5.77. The van der Waals surface area contributed by atoms with Crippen LogP contribution in [0.5, 0.6) is 5.75 Å². The molecule has 2 nitrogen and oxygen atoms in total. The molecule has 1 fully saturated rings. The van der Waals surface area contributed by atoms with Crippen LogP contribution >= 0.6 is 0 Å². The lowest BCUT2D eigenvalue weighted by molar-refractivity contribution is 0.294. The number of rotatable bonds is 5. The maximum absolute atomic E-state index is 5.77. The summed E-state index contributed by atoms with van der Waals surface area (Å²) in [6, 6.07) is 8.42. The van der Waals surface area contributed by atoms with E-state index in [0.29, 0.717) is 0 Å². The lowest BCUT2D eigenvalue weighted by Crippen LogP contribution is -2.18. The van der Waals surface area contributed by atoms with Crippen molar-refractivity contribution in [3.05, 3.63) is 29.8 Å². The Morgan fingerprint density at radius 2 is 1.94 bits per heavy atom. The number of nitrogens with zero attached hydrogens (tertiary/aromatic N) is 1. The first-order chi connectivity index (χ1) is 7.90. The normalized spacial score (nSPS) is 16.6. The van der Waals surface area contributed by atoms with E-state index in [9.17, 15) is 0 Å². The van der Waals surface area contributed by atoms with Gasteiger partial charge in [0.15, 0.2) is 0 Å². The van der Waals surface area contributed by atoms with Gasteiger partial charge in [0.1, 0.15) is 5.75 Å². The minimum Gasteiger partial charge on any atom is -0.493 e. The van der Waals surface area contributed by atoms with Crippen LogP contribution < -0.4 is 4.74 Å². The third kappa shape index (κ3) is 2.99. The van der Waals surface area contributed by atoms with Gasteiger partial charge in [-0.2, -0.15) is 0 Å². The van der Waals surface area contributed by atoms with Crippen LogP contribution in [0.2, 0.25) is 0 Å². The van der Waals surface area contributed by atoms with Gasteiger partial charge < -0.3 is 4.74 Å². The lowest BCUT2D eigenvalue weighted by Gasteiger charge is -2.17. The first-order valence-corrected chi connectivity index (χ1v) is 6.33. The van der Waals surface area contributed by atoms with Crippen LogP contribution in [0, 0.1) is 0 Å². The summed E-state index contributed by atoms with van der Waals surface area (Å²) in [4.78, 5) is 2.51. The van der Waals surface area contributed by atoms with Gasteiger partial charge in [0.25, 0.3) is 0 Å². The van der Waals surface area contributed by atoms with Crippen molar-refractivity contribution in [3.8, 4) is 5.75 Å². The van der Waals surface area contributed by atoms with Crippen LogP contribution in [0.4, 0.5) is 0 Å². The zero-order valence-corrected chi connectivity index (χ0v) is 10.1. The van der Waals surface area contributed by atoms with Crippen molar-refractivity contribution in [2.24, 2.45) is 0 Å². The fourth-order valence-corrected chi connectivity index (χ4v) is 2.17. The van der Waals surface area contributed by atoms with Crippen molar-refractivity contribution in [2.45, 2.75) is 32.7 Å². The molecule has 2 heteroatoms. The van der Waals surface area contributed by atoms with Crippen molar-refractivity contribution in [2.75, 3.05) is 19.7 Å². The van der Waals surface area contributed by atoms with E-state index in [0.717, 1.165) is 25.3 Å². The Morgan fingerprint density at radius 1 is 1.19 bits per heavy atom. The third-order valence-electron chi connectivity index (χ3n) is 3.03. The second-order valence-corrected chi connectivity index (χ2v) is 4.44. The van der Waals surface area contributed by atoms with E-state index in [1.165, 1.54) is 31.5 Å². The summed E-state index contributed by atoms with van der Waals surface area (Å²) in [5, 5.41) is 0. The molecule has 1 aliphatic heterocycles. The molecular weight excluding hydrogens is 198 g/mol. The van der Waals surface area contributed by atoms with Crippen LogP contribution in [0.25, 0.3) is 0 Å². The molecule has 1 saturated heterocycles. The molecule has 2 rings (SSSR count). The third-order valence-corrected chi connectivity index (χ3v) is 3.03. The van der Waals surface area contributed by atoms with Crippen molar-refractivity contribution >= 4 is 0 Å². The monoisotopic (exact) mass is 219 g/mol. The molecule has 0 spiro atoms. The summed E-state index contributed by atoms with van der Waals surface area (Å²) in [6.07, 6.45) is 3.76. The minimum absolute atomic E-state index is 0.816. The van der Waals surface area contributed by atoms with E-state index in [1.54, 1.807) is 0 Å². The highest BCUT2D eigenvalue weighted by atomic mass is 16.5. The highest BCUT2D eigenvalue weighted by Gasteiger charge is 2.13. The van der Waals surface area contributed by atoms with Gasteiger partial charge in [-0.1, -0.05) is 25.1 Å². The fraction of sp³-hybridized carbons (Fsp3) is 0.571. The van der Waals surface area contributed by atoms with Gasteiger partial charge in [0.2, 0.25) is 0 Å². The topological polar surface area (TPSA) is 12.5 Å². The Bertz CT molecular complexity index is 318. The van der Waals surface area contributed by atoms with Crippen LogP contribution in [0.3, 0.4) is 0 Å². The number of benzene rings is 1. The second kappa shape index (κ2) is 5.90. The van der Waals surface area contributed by atoms with E-state index in [2.05, 4.69) is 36.1 Å². The molecule has 1 heterocycles. The van der Waals surface area contributed by atoms with E-state index in [-0.39, 0.29) is 0 Å². The van der Waals surface area contributed by atoms with E-state index in [4.69, 9.17) is 4.74 Å². The van der Waals surface area contributed by atoms with E-state index >= 15 is 0 Å². The first kappa shape index (κ1) is 11.5. The molecule has 1 aromatic rings. The van der Waals surface area contributed by atoms with E-state index < -0.39 is 0 Å². The Morgan fingerprint density at radius 3 is 2.69 bits per heavy atom. The molecule has 0 saturated carbocycles. The van der Waals surface area contributed by atoms with Crippen molar-refractivity contribution in [3.63, 3.8) is 0 Å². The highest BCUT2D eigenvalue weighted by Crippen LogP contribution is 2.21. The predicted octanol–water partition coefficient (Wildman–Crippen LogP) is 3.07. The van der Waals surface area contributed by atoms with Crippen LogP contribution in [0.1, 0.15) is 31.7 Å². The first-order valence-electron chi connectivity index (χ1n) is 6.33. The van der Waals surface area contributed by atoms with Crippen molar-refractivity contribution < 1.29 is 4.74 Å². The van der Waals surface area contributed by atoms with Crippen molar-refractivity contribution in [1.29, 1.82) is 0 Å². The summed E-state index contributed by atoms with van der Waals surface area (Å²) in [7, 11) is 0. The Labute approximate surface area is 98.2 Å². The summed E-state index contributed by atoms with van der Waals surface area (Å²) in [5.74, 6) is 1.07. The predicted molar refractivity (Wildman–Crippen MR) is 66.7 cm³/mol. The van der Waals surface area contributed by atoms with Crippen LogP contribution in [-0.2, 0) is 6.54 Å². The Kier molecular flexibility index (Phi) is 4.23. The summed E-state index contributed by atoms with van der Waals surface area (Å²) in [5.41, 5.74) is 1.33. The molecule has 0 amide bonds. The zero-order chi connectivity index (χ0) is 11.2. The molecule has 0 unspecified atom stereocenters. The van der Waals surface area contributed by atoms with Gasteiger partial charge in [0, 0.05) is 12.1 Å². The molecule has 1 aliphatic rings. The number of hydrogen-bond donors (Lipinski definition) is 0. The Balaban J connectivity index is 2.00. The standard InChI is InChI=1S/C14H21NO/c1-2-11-16-14-8-4-3-7-13(14)12-15-9-5-6-10-15/h3-4,7-8H,2,5-6,9-12H2,1H3. The zero-order valence-electron chi connectivity index (χ0n) is 10.1. The van der Waals surface area contributed by atoms with Gasteiger partial charge in [-0.15, -0.1) is 0 Å². The molecule has 1 aromatic carbocycles. The van der Waals surface area contributed by atoms with Gasteiger partial charge in [-0.05, 0) is 38.4 Å². The quantitative estimate of drug-likeness (QED) is 0.754. The number of ether oxygens (including phenoxy) is 1. The van der Waals surface area contributed by atoms with E-state index in [1.807, 2.05) is 0 Å². The Hall–Kier alpha value is -1.02. The average Bonchev–Trinajstić information content (AvgIpc) is 2.81. The maximum Gasteiger partial charge on any atom is 0.123 e. The molecule has 0 radical (unpaired) electrons. The number of hydrogen-bond acceptors (Lipinski definition) is 2. The molecule has 16 heavy (non-hydrogen) atoms. The number of likely N-dealkylation sites (tertiary alicyclic amines) is 1. The molecule has 0 aromatic heterocycles. The van der Waals surface area contributed by atoms with Crippen molar-refractivity contribution in [1.82, 2.24) is 4.90 Å². The average molecular weight is 219 g/mol. The number of para-hydroxylation sites is 1. The highest BCUT2D eigenvalue weighted by molar-refractivity contribution is 5.33. The lowest BCUT2D eigenvalue weighted by atomic mass is 10.2. The molecule has 88 valence electrons. The second-order valence-electron chi connectivity index (χ2n) is 4.44. The summed E-state index contributed by atoms with van der Waals surface area (Å²) in [6.45, 7) is 6.48. The van der Waals surface area contributed by atoms with Gasteiger partial charge in [0.05, 0.1) is 6.61 Å². The van der Waals surface area contributed by atoms with Crippen LogP contribution in [0.15, 0.2) is 24.3 Å². The van der Waals surface area contributed by atoms with Crippen LogP contribution in [-0.4, -0.2) is 24.6 Å². The smallest absolute Gasteiger partial charge is 0.123 e. The van der Waals surface area contributed by atoms with Gasteiger partial charge >= 0.3 is 0 Å². The molecule has 0 aliphatic carbocycles. The molecule has 0 atom stereocenters.